The first-order valence-corrected chi connectivity index (χ1v) is 7.48. The van der Waals surface area contributed by atoms with E-state index in [2.05, 4.69) is 6.92 Å². The van der Waals surface area contributed by atoms with E-state index < -0.39 is 11.5 Å². The lowest BCUT2D eigenvalue weighted by atomic mass is 9.83. The largest absolute Gasteiger partial charge is 0.462 e. The maximum atomic E-state index is 13.4. The van der Waals surface area contributed by atoms with Crippen molar-refractivity contribution in [3.63, 3.8) is 0 Å². The van der Waals surface area contributed by atoms with Gasteiger partial charge in [0, 0.05) is 6.42 Å². The molecule has 0 radical (unpaired) electrons. The van der Waals surface area contributed by atoms with Crippen molar-refractivity contribution in [3.05, 3.63) is 0 Å². The quantitative estimate of drug-likeness (QED) is 0.566. The van der Waals surface area contributed by atoms with Crippen LogP contribution in [0.1, 0.15) is 51.9 Å². The van der Waals surface area contributed by atoms with Gasteiger partial charge >= 0.3 is 5.97 Å². The summed E-state index contributed by atoms with van der Waals surface area (Å²) in [6.07, 6.45) is 4.30. The number of hydrogen-bond acceptors (Lipinski definition) is 2. The summed E-state index contributed by atoms with van der Waals surface area (Å²) in [7, 11) is 0. The van der Waals surface area contributed by atoms with Crippen molar-refractivity contribution in [2.24, 2.45) is 11.8 Å². The van der Waals surface area contributed by atoms with E-state index in [9.17, 15) is 9.18 Å². The maximum Gasteiger partial charge on any atom is 0.309 e. The van der Waals surface area contributed by atoms with Crippen LogP contribution in [0.2, 0.25) is 0 Å². The molecule has 0 aliphatic heterocycles. The molecule has 0 amide bonds. The third-order valence-electron chi connectivity index (χ3n) is 4.28. The molecular weight excluding hydrogens is 255 g/mol. The lowest BCUT2D eigenvalue weighted by molar-refractivity contribution is -0.157. The fourth-order valence-electron chi connectivity index (χ4n) is 2.91. The zero-order chi connectivity index (χ0) is 13.1. The van der Waals surface area contributed by atoms with Crippen LogP contribution >= 0.6 is 11.6 Å². The number of rotatable bonds is 2. The van der Waals surface area contributed by atoms with Crippen molar-refractivity contribution in [1.29, 1.82) is 0 Å². The van der Waals surface area contributed by atoms with Gasteiger partial charge in [-0.25, -0.2) is 4.39 Å². The van der Waals surface area contributed by atoms with E-state index in [4.69, 9.17) is 16.3 Å². The van der Waals surface area contributed by atoms with Gasteiger partial charge in [0.15, 0.2) is 0 Å². The smallest absolute Gasteiger partial charge is 0.309 e. The Morgan fingerprint density at radius 3 is 2.44 bits per heavy atom. The summed E-state index contributed by atoms with van der Waals surface area (Å²) < 4.78 is 18.9. The second-order valence-electron chi connectivity index (χ2n) is 5.86. The molecule has 0 bridgehead atoms. The molecule has 104 valence electrons. The van der Waals surface area contributed by atoms with Crippen LogP contribution in [-0.2, 0) is 9.53 Å². The SMILES string of the molecule is CC1CCC(C(=O)OC2CCC(Cl)C(F)C2)CC1. The number of carbonyl (C=O) groups excluding carboxylic acids is 1. The monoisotopic (exact) mass is 276 g/mol. The van der Waals surface area contributed by atoms with Crippen molar-refractivity contribution in [3.8, 4) is 0 Å². The minimum Gasteiger partial charge on any atom is -0.462 e. The van der Waals surface area contributed by atoms with Crippen molar-refractivity contribution < 1.29 is 13.9 Å². The van der Waals surface area contributed by atoms with Gasteiger partial charge in [-0.3, -0.25) is 4.79 Å². The molecular formula is C14H22ClFO2. The first kappa shape index (κ1) is 14.1. The Labute approximate surface area is 113 Å². The number of hydrogen-bond donors (Lipinski definition) is 0. The molecule has 0 aromatic heterocycles. The minimum absolute atomic E-state index is 0.0352. The van der Waals surface area contributed by atoms with Gasteiger partial charge in [-0.2, -0.15) is 0 Å². The Hall–Kier alpha value is -0.310. The molecule has 2 nitrogen and oxygen atoms in total. The van der Waals surface area contributed by atoms with Gasteiger partial charge in [-0.05, 0) is 44.4 Å². The van der Waals surface area contributed by atoms with Crippen LogP contribution in [0.3, 0.4) is 0 Å². The molecule has 2 rings (SSSR count). The molecule has 18 heavy (non-hydrogen) atoms. The number of esters is 1. The predicted octanol–water partition coefficient (Wildman–Crippen LogP) is 3.85. The fourth-order valence-corrected chi connectivity index (χ4v) is 3.13. The standard InChI is InChI=1S/C14H22ClFO2/c1-9-2-4-10(5-3-9)14(17)18-11-6-7-12(15)13(16)8-11/h9-13H,2-8H2,1H3. The van der Waals surface area contributed by atoms with Gasteiger partial charge < -0.3 is 4.74 Å². The zero-order valence-electron chi connectivity index (χ0n) is 10.9. The topological polar surface area (TPSA) is 26.3 Å². The van der Waals surface area contributed by atoms with Gasteiger partial charge in [0.2, 0.25) is 0 Å². The third-order valence-corrected chi connectivity index (χ3v) is 4.77. The molecule has 2 saturated carbocycles. The molecule has 2 fully saturated rings. The number of ether oxygens (including phenoxy) is 1. The van der Waals surface area contributed by atoms with Crippen molar-refractivity contribution in [1.82, 2.24) is 0 Å². The van der Waals surface area contributed by atoms with E-state index in [1.807, 2.05) is 0 Å². The van der Waals surface area contributed by atoms with Crippen LogP contribution in [-0.4, -0.2) is 23.6 Å². The van der Waals surface area contributed by atoms with Crippen molar-refractivity contribution in [2.45, 2.75) is 69.5 Å². The lowest BCUT2D eigenvalue weighted by Gasteiger charge is -2.30. The fraction of sp³-hybridized carbons (Fsp3) is 0.929. The highest BCUT2D eigenvalue weighted by Crippen LogP contribution is 2.32. The molecule has 4 heteroatoms. The van der Waals surface area contributed by atoms with Crippen molar-refractivity contribution >= 4 is 17.6 Å². The van der Waals surface area contributed by atoms with Gasteiger partial charge in [-0.1, -0.05) is 6.92 Å². The highest BCUT2D eigenvalue weighted by Gasteiger charge is 2.33. The van der Waals surface area contributed by atoms with Crippen LogP contribution in [0.4, 0.5) is 4.39 Å². The minimum atomic E-state index is -1.04. The molecule has 0 saturated heterocycles. The van der Waals surface area contributed by atoms with Crippen molar-refractivity contribution in [2.75, 3.05) is 0 Å². The van der Waals surface area contributed by atoms with E-state index in [0.717, 1.165) is 31.6 Å². The van der Waals surface area contributed by atoms with Crippen LogP contribution in [0.5, 0.6) is 0 Å². The van der Waals surface area contributed by atoms with Gasteiger partial charge in [0.05, 0.1) is 11.3 Å². The van der Waals surface area contributed by atoms with Gasteiger partial charge in [-0.15, -0.1) is 11.6 Å². The first-order chi connectivity index (χ1) is 8.56. The average molecular weight is 277 g/mol. The molecule has 2 aliphatic carbocycles. The predicted molar refractivity (Wildman–Crippen MR) is 69.4 cm³/mol. The number of halogens is 2. The summed E-state index contributed by atoms with van der Waals surface area (Å²) in [5, 5.41) is -0.407. The maximum absolute atomic E-state index is 13.4. The molecule has 3 unspecified atom stereocenters. The number of alkyl halides is 2. The average Bonchev–Trinajstić information content (AvgIpc) is 2.34. The normalized spacial score (nSPS) is 41.4. The van der Waals surface area contributed by atoms with Gasteiger partial charge in [0.1, 0.15) is 12.3 Å². The Morgan fingerprint density at radius 1 is 1.17 bits per heavy atom. The molecule has 0 N–H and O–H groups in total. The second-order valence-corrected chi connectivity index (χ2v) is 6.42. The Morgan fingerprint density at radius 2 is 1.83 bits per heavy atom. The van der Waals surface area contributed by atoms with Gasteiger partial charge in [0.25, 0.3) is 0 Å². The highest BCUT2D eigenvalue weighted by molar-refractivity contribution is 6.21. The summed E-state index contributed by atoms with van der Waals surface area (Å²) in [6, 6.07) is 0. The molecule has 3 atom stereocenters. The summed E-state index contributed by atoms with van der Waals surface area (Å²) in [5.74, 6) is 0.635. The van der Waals surface area contributed by atoms with Crippen LogP contribution in [0, 0.1) is 11.8 Å². The van der Waals surface area contributed by atoms with E-state index in [-0.39, 0.29) is 24.4 Å². The summed E-state index contributed by atoms with van der Waals surface area (Å²) in [6.45, 7) is 2.22. The molecule has 2 aliphatic rings. The van der Waals surface area contributed by atoms with E-state index in [0.29, 0.717) is 12.8 Å². The van der Waals surface area contributed by atoms with Crippen LogP contribution < -0.4 is 0 Å². The van der Waals surface area contributed by atoms with E-state index >= 15 is 0 Å². The summed E-state index contributed by atoms with van der Waals surface area (Å²) in [4.78, 5) is 12.0. The molecule has 0 heterocycles. The highest BCUT2D eigenvalue weighted by atomic mass is 35.5. The molecule has 0 spiro atoms. The van der Waals surface area contributed by atoms with E-state index in [1.54, 1.807) is 0 Å². The Bertz CT molecular complexity index is 290. The van der Waals surface area contributed by atoms with Crippen LogP contribution in [0.15, 0.2) is 0 Å². The first-order valence-electron chi connectivity index (χ1n) is 7.05. The lowest BCUT2D eigenvalue weighted by Crippen LogP contribution is -2.35. The number of carbonyl (C=O) groups is 1. The Kier molecular flexibility index (Phi) is 4.88. The Balaban J connectivity index is 1.77. The molecule has 0 aromatic rings. The van der Waals surface area contributed by atoms with E-state index in [1.165, 1.54) is 0 Å². The molecule has 0 aromatic carbocycles. The second kappa shape index (κ2) is 6.23. The summed E-state index contributed by atoms with van der Waals surface area (Å²) in [5.41, 5.74) is 0. The van der Waals surface area contributed by atoms with Crippen LogP contribution in [0.25, 0.3) is 0 Å². The summed E-state index contributed by atoms with van der Waals surface area (Å²) >= 11 is 5.82. The third kappa shape index (κ3) is 3.59. The zero-order valence-corrected chi connectivity index (χ0v) is 11.7.